The van der Waals surface area contributed by atoms with Crippen molar-refractivity contribution in [3.8, 4) is 6.07 Å². The highest BCUT2D eigenvalue weighted by atomic mass is 79.9. The summed E-state index contributed by atoms with van der Waals surface area (Å²) >= 11 is 3.55. The number of nitrogens with zero attached hydrogens (tertiary/aromatic N) is 3. The molecule has 108 valence electrons. The van der Waals surface area contributed by atoms with Crippen LogP contribution in [0.25, 0.3) is 0 Å². The number of hydrogen-bond acceptors (Lipinski definition) is 3. The average molecular weight is 336 g/mol. The molecule has 1 aliphatic rings. The zero-order valence-corrected chi connectivity index (χ0v) is 14.0. The van der Waals surface area contributed by atoms with Crippen LogP contribution in [0.15, 0.2) is 22.7 Å². The number of rotatable bonds is 2. The van der Waals surface area contributed by atoms with E-state index in [9.17, 15) is 0 Å². The highest BCUT2D eigenvalue weighted by molar-refractivity contribution is 9.10. The summed E-state index contributed by atoms with van der Waals surface area (Å²) in [6.45, 7) is 6.34. The smallest absolute Gasteiger partial charge is 0.0638 e. The number of anilines is 1. The summed E-state index contributed by atoms with van der Waals surface area (Å²) in [5, 5.41) is 9.05. The van der Waals surface area contributed by atoms with E-state index in [0.717, 1.165) is 24.0 Å². The van der Waals surface area contributed by atoms with Gasteiger partial charge in [-0.05, 0) is 51.1 Å². The number of hydrogen-bond donors (Lipinski definition) is 0. The quantitative estimate of drug-likeness (QED) is 0.827. The van der Waals surface area contributed by atoms with E-state index in [1.165, 1.54) is 11.3 Å². The minimum absolute atomic E-state index is 0.307. The molecular formula is C16H22BrN3. The Bertz CT molecular complexity index is 509. The van der Waals surface area contributed by atoms with Gasteiger partial charge in [-0.25, -0.2) is 0 Å². The molecule has 0 bridgehead atoms. The van der Waals surface area contributed by atoms with Crippen molar-refractivity contribution < 1.29 is 0 Å². The molecule has 4 heteroatoms. The Hall–Kier alpha value is -1.05. The normalized spacial score (nSPS) is 24.2. The zero-order valence-electron chi connectivity index (χ0n) is 12.4. The predicted molar refractivity (Wildman–Crippen MR) is 87.0 cm³/mol. The minimum atomic E-state index is 0.307. The molecule has 1 aliphatic heterocycles. The molecule has 3 nitrogen and oxygen atoms in total. The standard InChI is InChI=1S/C16H22BrN3/c1-12-10-14(4-5-16(12)17)20-9-7-13(2)19(3)15(11-20)6-8-18/h4-5,10,13,15H,6-7,9,11H2,1-3H3. The van der Waals surface area contributed by atoms with E-state index in [-0.39, 0.29) is 0 Å². The summed E-state index contributed by atoms with van der Waals surface area (Å²) in [6.07, 6.45) is 1.72. The topological polar surface area (TPSA) is 30.3 Å². The second kappa shape index (κ2) is 6.60. The van der Waals surface area contributed by atoms with E-state index in [0.29, 0.717) is 18.5 Å². The molecule has 1 aromatic carbocycles. The van der Waals surface area contributed by atoms with Crippen molar-refractivity contribution in [3.05, 3.63) is 28.2 Å². The van der Waals surface area contributed by atoms with Crippen molar-refractivity contribution in [2.45, 2.75) is 38.8 Å². The van der Waals surface area contributed by atoms with Crippen molar-refractivity contribution >= 4 is 21.6 Å². The fourth-order valence-corrected chi connectivity index (χ4v) is 3.00. The van der Waals surface area contributed by atoms with E-state index in [4.69, 9.17) is 5.26 Å². The highest BCUT2D eigenvalue weighted by Gasteiger charge is 2.26. The van der Waals surface area contributed by atoms with Gasteiger partial charge in [-0.2, -0.15) is 5.26 Å². The Morgan fingerprint density at radius 3 is 2.85 bits per heavy atom. The van der Waals surface area contributed by atoms with Crippen LogP contribution in [0.4, 0.5) is 5.69 Å². The Kier molecular flexibility index (Phi) is 5.06. The van der Waals surface area contributed by atoms with Gasteiger partial charge < -0.3 is 4.90 Å². The van der Waals surface area contributed by atoms with Crippen LogP contribution in [0.2, 0.25) is 0 Å². The Morgan fingerprint density at radius 2 is 2.20 bits per heavy atom. The Morgan fingerprint density at radius 1 is 1.45 bits per heavy atom. The third kappa shape index (κ3) is 3.34. The van der Waals surface area contributed by atoms with Crippen LogP contribution in [-0.4, -0.2) is 37.1 Å². The van der Waals surface area contributed by atoms with E-state index in [1.807, 2.05) is 0 Å². The maximum absolute atomic E-state index is 9.05. The summed E-state index contributed by atoms with van der Waals surface area (Å²) in [4.78, 5) is 4.77. The molecule has 2 rings (SSSR count). The van der Waals surface area contributed by atoms with Crippen molar-refractivity contribution in [3.63, 3.8) is 0 Å². The van der Waals surface area contributed by atoms with Crippen LogP contribution >= 0.6 is 15.9 Å². The van der Waals surface area contributed by atoms with Crippen molar-refractivity contribution in [1.82, 2.24) is 4.90 Å². The van der Waals surface area contributed by atoms with Gasteiger partial charge in [0, 0.05) is 35.3 Å². The molecule has 1 saturated heterocycles. The van der Waals surface area contributed by atoms with Gasteiger partial charge >= 0.3 is 0 Å². The molecule has 0 aliphatic carbocycles. The lowest BCUT2D eigenvalue weighted by Gasteiger charge is -2.30. The van der Waals surface area contributed by atoms with E-state index < -0.39 is 0 Å². The first-order valence-corrected chi connectivity index (χ1v) is 7.92. The van der Waals surface area contributed by atoms with Crippen LogP contribution in [0.1, 0.15) is 25.3 Å². The van der Waals surface area contributed by atoms with Gasteiger partial charge in [0.2, 0.25) is 0 Å². The SMILES string of the molecule is Cc1cc(N2CCC(C)N(C)C(CC#N)C2)ccc1Br. The van der Waals surface area contributed by atoms with Crippen LogP contribution in [-0.2, 0) is 0 Å². The third-order valence-electron chi connectivity index (χ3n) is 4.35. The lowest BCUT2D eigenvalue weighted by Crippen LogP contribution is -2.41. The molecule has 0 N–H and O–H groups in total. The lowest BCUT2D eigenvalue weighted by molar-refractivity contribution is 0.199. The fourth-order valence-electron chi connectivity index (χ4n) is 2.75. The van der Waals surface area contributed by atoms with Gasteiger partial charge in [-0.15, -0.1) is 0 Å². The van der Waals surface area contributed by atoms with Crippen molar-refractivity contribution in [2.24, 2.45) is 0 Å². The predicted octanol–water partition coefficient (Wildman–Crippen LogP) is 3.57. The first-order chi connectivity index (χ1) is 9.52. The molecule has 2 atom stereocenters. The molecular weight excluding hydrogens is 314 g/mol. The summed E-state index contributed by atoms with van der Waals surface area (Å²) in [5.74, 6) is 0. The average Bonchev–Trinajstić information content (AvgIpc) is 2.56. The number of likely N-dealkylation sites (N-methyl/N-ethyl adjacent to an activating group) is 1. The Labute approximate surface area is 130 Å². The van der Waals surface area contributed by atoms with Crippen LogP contribution < -0.4 is 4.90 Å². The molecule has 0 aromatic heterocycles. The van der Waals surface area contributed by atoms with E-state index in [2.05, 4.69) is 70.9 Å². The van der Waals surface area contributed by atoms with E-state index >= 15 is 0 Å². The maximum atomic E-state index is 9.05. The van der Waals surface area contributed by atoms with Gasteiger partial charge in [0.1, 0.15) is 0 Å². The van der Waals surface area contributed by atoms with Gasteiger partial charge in [0.25, 0.3) is 0 Å². The minimum Gasteiger partial charge on any atom is -0.370 e. The van der Waals surface area contributed by atoms with Gasteiger partial charge in [-0.3, -0.25) is 4.90 Å². The third-order valence-corrected chi connectivity index (χ3v) is 5.24. The van der Waals surface area contributed by atoms with Crippen molar-refractivity contribution in [2.75, 3.05) is 25.0 Å². The number of halogens is 1. The summed E-state index contributed by atoms with van der Waals surface area (Å²) in [7, 11) is 2.14. The molecule has 0 saturated carbocycles. The zero-order chi connectivity index (χ0) is 14.7. The Balaban J connectivity index is 2.23. The summed E-state index contributed by atoms with van der Waals surface area (Å²) < 4.78 is 1.15. The second-order valence-corrected chi connectivity index (χ2v) is 6.55. The largest absolute Gasteiger partial charge is 0.370 e. The summed E-state index contributed by atoms with van der Waals surface area (Å²) in [6, 6.07) is 9.66. The molecule has 2 unspecified atom stereocenters. The number of nitriles is 1. The number of benzene rings is 1. The van der Waals surface area contributed by atoms with Gasteiger partial charge in [0.15, 0.2) is 0 Å². The molecule has 0 amide bonds. The first-order valence-electron chi connectivity index (χ1n) is 7.13. The molecule has 1 aromatic rings. The fraction of sp³-hybridized carbons (Fsp3) is 0.562. The van der Waals surface area contributed by atoms with E-state index in [1.54, 1.807) is 0 Å². The summed E-state index contributed by atoms with van der Waals surface area (Å²) in [5.41, 5.74) is 2.51. The van der Waals surface area contributed by atoms with Crippen LogP contribution in [0.3, 0.4) is 0 Å². The van der Waals surface area contributed by atoms with Gasteiger partial charge in [-0.1, -0.05) is 15.9 Å². The highest BCUT2D eigenvalue weighted by Crippen LogP contribution is 2.26. The first kappa shape index (κ1) is 15.3. The molecule has 0 radical (unpaired) electrons. The maximum Gasteiger partial charge on any atom is 0.0638 e. The van der Waals surface area contributed by atoms with Crippen LogP contribution in [0, 0.1) is 18.3 Å². The molecule has 1 fully saturated rings. The van der Waals surface area contributed by atoms with Crippen molar-refractivity contribution in [1.29, 1.82) is 5.26 Å². The number of aryl methyl sites for hydroxylation is 1. The monoisotopic (exact) mass is 335 g/mol. The molecule has 0 spiro atoms. The lowest BCUT2D eigenvalue weighted by atomic mass is 10.1. The molecule has 20 heavy (non-hydrogen) atoms. The second-order valence-electron chi connectivity index (χ2n) is 5.70. The molecule has 1 heterocycles. The van der Waals surface area contributed by atoms with Crippen LogP contribution in [0.5, 0.6) is 0 Å². The van der Waals surface area contributed by atoms with Gasteiger partial charge in [0.05, 0.1) is 12.5 Å².